The number of fused-ring (bicyclic) bond motifs is 1. The van der Waals surface area contributed by atoms with E-state index in [0.29, 0.717) is 10.7 Å². The van der Waals surface area contributed by atoms with Crippen molar-refractivity contribution in [2.24, 2.45) is 4.99 Å². The number of alkyl halides is 3. The number of benzene rings is 1. The summed E-state index contributed by atoms with van der Waals surface area (Å²) >= 11 is 1.16. The number of rotatable bonds is 3. The maximum Gasteiger partial charge on any atom is 0.435 e. The van der Waals surface area contributed by atoms with E-state index in [0.717, 1.165) is 17.0 Å². The minimum atomic E-state index is -4.55. The summed E-state index contributed by atoms with van der Waals surface area (Å²) in [6.07, 6.45) is 1.72. The molecule has 0 spiro atoms. The van der Waals surface area contributed by atoms with Crippen LogP contribution in [-0.2, 0) is 6.18 Å². The molecular formula is C17H13F3N4OS. The molecular weight excluding hydrogens is 365 g/mol. The highest BCUT2D eigenvalue weighted by molar-refractivity contribution is 7.15. The number of methoxy groups -OCH3 is 1. The van der Waals surface area contributed by atoms with Gasteiger partial charge in [-0.25, -0.2) is 4.98 Å². The van der Waals surface area contributed by atoms with Crippen LogP contribution in [0.15, 0.2) is 53.2 Å². The Bertz CT molecular complexity index is 988. The fourth-order valence-corrected chi connectivity index (χ4v) is 3.62. The van der Waals surface area contributed by atoms with Gasteiger partial charge in [0, 0.05) is 35.9 Å². The molecule has 0 bridgehead atoms. The van der Waals surface area contributed by atoms with Crippen LogP contribution in [0.25, 0.3) is 4.96 Å². The number of hydrogen-bond acceptors (Lipinski definition) is 5. The van der Waals surface area contributed by atoms with Gasteiger partial charge in [-0.1, -0.05) is 0 Å². The molecule has 3 aromatic rings. The molecule has 1 aliphatic heterocycles. The van der Waals surface area contributed by atoms with Gasteiger partial charge < -0.3 is 9.64 Å². The van der Waals surface area contributed by atoms with Crippen LogP contribution in [0.4, 0.5) is 18.9 Å². The van der Waals surface area contributed by atoms with Crippen LogP contribution in [0.1, 0.15) is 17.4 Å². The smallest absolute Gasteiger partial charge is 0.435 e. The zero-order chi connectivity index (χ0) is 18.3. The molecule has 0 fully saturated rings. The minimum absolute atomic E-state index is 0.0395. The summed E-state index contributed by atoms with van der Waals surface area (Å²) < 4.78 is 47.4. The lowest BCUT2D eigenvalue weighted by Crippen LogP contribution is -2.29. The second kappa shape index (κ2) is 6.17. The third-order valence-electron chi connectivity index (χ3n) is 4.06. The lowest BCUT2D eigenvalue weighted by Gasteiger charge is -2.30. The van der Waals surface area contributed by atoms with E-state index in [4.69, 9.17) is 4.74 Å². The first-order chi connectivity index (χ1) is 12.5. The van der Waals surface area contributed by atoms with Gasteiger partial charge in [0.15, 0.2) is 10.7 Å². The molecule has 9 heteroatoms. The van der Waals surface area contributed by atoms with Crippen molar-refractivity contribution < 1.29 is 17.9 Å². The summed E-state index contributed by atoms with van der Waals surface area (Å²) in [7, 11) is 1.56. The SMILES string of the molecule is COc1ccc(N2C=CN=CC2c2c(C(F)(F)F)nc3sccn23)cc1. The lowest BCUT2D eigenvalue weighted by molar-refractivity contribution is -0.141. The van der Waals surface area contributed by atoms with Gasteiger partial charge >= 0.3 is 6.18 Å². The van der Waals surface area contributed by atoms with Gasteiger partial charge in [-0.2, -0.15) is 13.2 Å². The van der Waals surface area contributed by atoms with E-state index >= 15 is 0 Å². The molecule has 0 saturated carbocycles. The molecule has 3 heterocycles. The van der Waals surface area contributed by atoms with E-state index in [1.54, 1.807) is 60.3 Å². The summed E-state index contributed by atoms with van der Waals surface area (Å²) in [6, 6.07) is 6.35. The van der Waals surface area contributed by atoms with Crippen LogP contribution in [0.2, 0.25) is 0 Å². The van der Waals surface area contributed by atoms with Crippen molar-refractivity contribution in [1.29, 1.82) is 0 Å². The normalized spacial score (nSPS) is 17.2. The average molecular weight is 378 g/mol. The van der Waals surface area contributed by atoms with Gasteiger partial charge in [-0.05, 0) is 24.3 Å². The lowest BCUT2D eigenvalue weighted by atomic mass is 10.1. The number of thiazole rings is 1. The molecule has 134 valence electrons. The minimum Gasteiger partial charge on any atom is -0.497 e. The maximum absolute atomic E-state index is 13.6. The molecule has 1 atom stereocenters. The summed E-state index contributed by atoms with van der Waals surface area (Å²) in [6.45, 7) is 0. The molecule has 0 aliphatic carbocycles. The molecule has 4 rings (SSSR count). The maximum atomic E-state index is 13.6. The molecule has 0 N–H and O–H groups in total. The van der Waals surface area contributed by atoms with Crippen molar-refractivity contribution in [3.8, 4) is 5.75 Å². The predicted molar refractivity (Wildman–Crippen MR) is 93.9 cm³/mol. The number of imidazole rings is 1. The summed E-state index contributed by atoms with van der Waals surface area (Å²) in [5.41, 5.74) is -0.135. The van der Waals surface area contributed by atoms with E-state index in [1.165, 1.54) is 10.6 Å². The fraction of sp³-hybridized carbons (Fsp3) is 0.176. The molecule has 26 heavy (non-hydrogen) atoms. The van der Waals surface area contributed by atoms with E-state index in [-0.39, 0.29) is 5.69 Å². The van der Waals surface area contributed by atoms with Gasteiger partial charge in [-0.15, -0.1) is 11.3 Å². The fourth-order valence-electron chi connectivity index (χ4n) is 2.90. The molecule has 0 radical (unpaired) electrons. The number of aliphatic imine (C=N–C) groups is 1. The van der Waals surface area contributed by atoms with Gasteiger partial charge in [0.2, 0.25) is 0 Å². The summed E-state index contributed by atoms with van der Waals surface area (Å²) in [5, 5.41) is 1.71. The van der Waals surface area contributed by atoms with Crippen molar-refractivity contribution in [3.05, 3.63) is 59.6 Å². The Balaban J connectivity index is 1.84. The number of ether oxygens (including phenoxy) is 1. The Morgan fingerprint density at radius 2 is 1.96 bits per heavy atom. The van der Waals surface area contributed by atoms with Crippen molar-refractivity contribution in [2.75, 3.05) is 12.0 Å². The molecule has 0 amide bonds. The zero-order valence-electron chi connectivity index (χ0n) is 13.5. The van der Waals surface area contributed by atoms with Crippen LogP contribution >= 0.6 is 11.3 Å². The quantitative estimate of drug-likeness (QED) is 0.673. The van der Waals surface area contributed by atoms with Crippen molar-refractivity contribution >= 4 is 28.2 Å². The Morgan fingerprint density at radius 1 is 1.19 bits per heavy atom. The van der Waals surface area contributed by atoms with Gasteiger partial charge in [0.25, 0.3) is 0 Å². The Morgan fingerprint density at radius 3 is 2.65 bits per heavy atom. The Hall–Kier alpha value is -2.81. The van der Waals surface area contributed by atoms with E-state index in [1.807, 2.05) is 0 Å². The van der Waals surface area contributed by atoms with Gasteiger partial charge in [0.05, 0.1) is 12.8 Å². The topological polar surface area (TPSA) is 42.1 Å². The van der Waals surface area contributed by atoms with Crippen LogP contribution < -0.4 is 9.64 Å². The summed E-state index contributed by atoms with van der Waals surface area (Å²) in [5.74, 6) is 0.667. The molecule has 1 aromatic carbocycles. The van der Waals surface area contributed by atoms with Crippen LogP contribution in [0, 0.1) is 0 Å². The first-order valence-electron chi connectivity index (χ1n) is 7.64. The standard InChI is InChI=1S/C17H13F3N4OS/c1-25-12-4-2-11(3-5-12)23-7-6-21-10-13(23)14-15(17(18,19)20)22-16-24(14)8-9-26-16/h2-10,13H,1H3. The second-order valence-corrected chi connectivity index (χ2v) is 6.42. The molecule has 1 unspecified atom stereocenters. The third-order valence-corrected chi connectivity index (χ3v) is 4.82. The number of aromatic nitrogens is 2. The first kappa shape index (κ1) is 16.6. The Labute approximate surface area is 150 Å². The summed E-state index contributed by atoms with van der Waals surface area (Å²) in [4.78, 5) is 9.88. The largest absolute Gasteiger partial charge is 0.497 e. The van der Waals surface area contributed by atoms with Crippen LogP contribution in [0.3, 0.4) is 0 Å². The van der Waals surface area contributed by atoms with E-state index in [2.05, 4.69) is 9.98 Å². The molecule has 0 saturated heterocycles. The number of anilines is 1. The molecule has 5 nitrogen and oxygen atoms in total. The first-order valence-corrected chi connectivity index (χ1v) is 8.52. The van der Waals surface area contributed by atoms with Crippen molar-refractivity contribution in [1.82, 2.24) is 9.38 Å². The number of halogens is 3. The zero-order valence-corrected chi connectivity index (χ0v) is 14.3. The van der Waals surface area contributed by atoms with Crippen molar-refractivity contribution in [3.63, 3.8) is 0 Å². The number of nitrogens with zero attached hydrogens (tertiary/aromatic N) is 4. The van der Waals surface area contributed by atoms with Crippen molar-refractivity contribution in [2.45, 2.75) is 12.2 Å². The van der Waals surface area contributed by atoms with Gasteiger partial charge in [0.1, 0.15) is 11.8 Å². The highest BCUT2D eigenvalue weighted by Gasteiger charge is 2.41. The Kier molecular flexibility index (Phi) is 3.95. The molecule has 2 aromatic heterocycles. The average Bonchev–Trinajstić information content (AvgIpc) is 3.22. The van der Waals surface area contributed by atoms with Crippen LogP contribution in [0.5, 0.6) is 5.75 Å². The van der Waals surface area contributed by atoms with E-state index in [9.17, 15) is 13.2 Å². The highest BCUT2D eigenvalue weighted by Crippen LogP contribution is 2.39. The van der Waals surface area contributed by atoms with E-state index < -0.39 is 17.9 Å². The number of hydrogen-bond donors (Lipinski definition) is 0. The third kappa shape index (κ3) is 2.74. The monoisotopic (exact) mass is 378 g/mol. The van der Waals surface area contributed by atoms with Crippen LogP contribution in [-0.4, -0.2) is 22.7 Å². The predicted octanol–water partition coefficient (Wildman–Crippen LogP) is 4.53. The highest BCUT2D eigenvalue weighted by atomic mass is 32.1. The second-order valence-electron chi connectivity index (χ2n) is 5.55. The molecule has 1 aliphatic rings. The van der Waals surface area contributed by atoms with Gasteiger partial charge in [-0.3, -0.25) is 9.39 Å².